The minimum atomic E-state index is -0.638. The molecule has 0 unspecified atom stereocenters. The van der Waals surface area contributed by atoms with Crippen LogP contribution >= 0.6 is 0 Å². The van der Waals surface area contributed by atoms with E-state index in [1.807, 2.05) is 6.92 Å². The maximum absolute atomic E-state index is 13.9. The van der Waals surface area contributed by atoms with Crippen molar-refractivity contribution in [3.8, 4) is 6.07 Å². The summed E-state index contributed by atoms with van der Waals surface area (Å²) in [4.78, 5) is 1.77. The lowest BCUT2D eigenvalue weighted by Gasteiger charge is -2.25. The number of hydrogen-bond acceptors (Lipinski definition) is 2. The summed E-state index contributed by atoms with van der Waals surface area (Å²) < 4.78 is 27.8. The predicted molar refractivity (Wildman–Crippen MR) is 66.3 cm³/mol. The molecule has 2 nitrogen and oxygen atoms in total. The molecule has 1 aliphatic rings. The monoisotopic (exact) mass is 250 g/mol. The van der Waals surface area contributed by atoms with Crippen LogP contribution in [0.5, 0.6) is 0 Å². The first-order valence-corrected chi connectivity index (χ1v) is 6.29. The van der Waals surface area contributed by atoms with Gasteiger partial charge in [0.05, 0.1) is 11.6 Å². The molecule has 1 aliphatic carbocycles. The van der Waals surface area contributed by atoms with E-state index in [-0.39, 0.29) is 11.3 Å². The third-order valence-electron chi connectivity index (χ3n) is 3.13. The number of rotatable bonds is 5. The SMILES string of the molecule is CCCN(CC1CC1)c1c(F)cc(C#N)cc1F. The molecule has 1 aromatic carbocycles. The minimum Gasteiger partial charge on any atom is -0.367 e. The minimum absolute atomic E-state index is 0.0164. The highest BCUT2D eigenvalue weighted by atomic mass is 19.1. The molecule has 1 aromatic rings. The molecular weight excluding hydrogens is 234 g/mol. The van der Waals surface area contributed by atoms with Crippen LogP contribution in [0.15, 0.2) is 12.1 Å². The first kappa shape index (κ1) is 12.8. The van der Waals surface area contributed by atoms with Crippen LogP contribution in [0.2, 0.25) is 0 Å². The van der Waals surface area contributed by atoms with E-state index in [0.29, 0.717) is 19.0 Å². The quantitative estimate of drug-likeness (QED) is 0.800. The molecule has 0 radical (unpaired) electrons. The molecule has 1 fully saturated rings. The Morgan fingerprint density at radius 1 is 1.33 bits per heavy atom. The third kappa shape index (κ3) is 2.79. The highest BCUT2D eigenvalue weighted by Crippen LogP contribution is 2.33. The van der Waals surface area contributed by atoms with Crippen LogP contribution in [0, 0.1) is 28.9 Å². The van der Waals surface area contributed by atoms with Gasteiger partial charge in [0.2, 0.25) is 0 Å². The van der Waals surface area contributed by atoms with Gasteiger partial charge in [0.1, 0.15) is 5.69 Å². The van der Waals surface area contributed by atoms with Gasteiger partial charge in [0.25, 0.3) is 0 Å². The van der Waals surface area contributed by atoms with E-state index in [2.05, 4.69) is 0 Å². The normalized spacial score (nSPS) is 14.3. The second kappa shape index (κ2) is 5.34. The van der Waals surface area contributed by atoms with E-state index in [4.69, 9.17) is 5.26 Å². The van der Waals surface area contributed by atoms with Gasteiger partial charge in [0, 0.05) is 13.1 Å². The highest BCUT2D eigenvalue weighted by molar-refractivity contribution is 5.52. The number of hydrogen-bond donors (Lipinski definition) is 0. The van der Waals surface area contributed by atoms with Gasteiger partial charge in [-0.1, -0.05) is 6.92 Å². The van der Waals surface area contributed by atoms with Crippen molar-refractivity contribution in [2.24, 2.45) is 5.92 Å². The van der Waals surface area contributed by atoms with E-state index in [1.165, 1.54) is 0 Å². The van der Waals surface area contributed by atoms with Crippen LogP contribution in [0.1, 0.15) is 31.7 Å². The maximum atomic E-state index is 13.9. The van der Waals surface area contributed by atoms with Crippen molar-refractivity contribution in [2.75, 3.05) is 18.0 Å². The van der Waals surface area contributed by atoms with Crippen molar-refractivity contribution in [3.63, 3.8) is 0 Å². The predicted octanol–water partition coefficient (Wildman–Crippen LogP) is 3.46. The fourth-order valence-corrected chi connectivity index (χ4v) is 2.11. The summed E-state index contributed by atoms with van der Waals surface area (Å²) in [5, 5.41) is 8.68. The Hall–Kier alpha value is -1.63. The first-order valence-electron chi connectivity index (χ1n) is 6.29. The van der Waals surface area contributed by atoms with Crippen molar-refractivity contribution in [2.45, 2.75) is 26.2 Å². The average molecular weight is 250 g/mol. The summed E-state index contributed by atoms with van der Waals surface area (Å²) in [7, 11) is 0. The van der Waals surface area contributed by atoms with Crippen molar-refractivity contribution in [3.05, 3.63) is 29.3 Å². The van der Waals surface area contributed by atoms with Gasteiger partial charge in [-0.05, 0) is 37.3 Å². The third-order valence-corrected chi connectivity index (χ3v) is 3.13. The van der Waals surface area contributed by atoms with E-state index in [1.54, 1.807) is 11.0 Å². The zero-order chi connectivity index (χ0) is 13.1. The molecule has 0 saturated heterocycles. The summed E-state index contributed by atoms with van der Waals surface area (Å²) in [6.45, 7) is 3.32. The van der Waals surface area contributed by atoms with Crippen LogP contribution < -0.4 is 4.90 Å². The Bertz CT molecular complexity index is 452. The summed E-state index contributed by atoms with van der Waals surface area (Å²) in [6.07, 6.45) is 3.12. The van der Waals surface area contributed by atoms with Gasteiger partial charge in [-0.15, -0.1) is 0 Å². The fraction of sp³-hybridized carbons (Fsp3) is 0.500. The van der Waals surface area contributed by atoms with E-state index in [9.17, 15) is 8.78 Å². The highest BCUT2D eigenvalue weighted by Gasteiger charge is 2.27. The Morgan fingerprint density at radius 2 is 1.94 bits per heavy atom. The Morgan fingerprint density at radius 3 is 2.39 bits per heavy atom. The van der Waals surface area contributed by atoms with Crippen LogP contribution in [0.3, 0.4) is 0 Å². The molecule has 96 valence electrons. The summed E-state index contributed by atoms with van der Waals surface area (Å²) in [6, 6.07) is 3.97. The van der Waals surface area contributed by atoms with Gasteiger partial charge in [0.15, 0.2) is 11.6 Å². The lowest BCUT2D eigenvalue weighted by molar-refractivity contribution is 0.563. The maximum Gasteiger partial charge on any atom is 0.150 e. The van der Waals surface area contributed by atoms with Crippen LogP contribution in [-0.4, -0.2) is 13.1 Å². The Balaban J connectivity index is 2.30. The molecule has 0 N–H and O–H groups in total. The van der Waals surface area contributed by atoms with Gasteiger partial charge < -0.3 is 4.90 Å². The van der Waals surface area contributed by atoms with Crippen LogP contribution in [0.25, 0.3) is 0 Å². The molecule has 0 aromatic heterocycles. The van der Waals surface area contributed by atoms with Gasteiger partial charge in [-0.3, -0.25) is 0 Å². The van der Waals surface area contributed by atoms with Gasteiger partial charge >= 0.3 is 0 Å². The van der Waals surface area contributed by atoms with Crippen molar-refractivity contribution < 1.29 is 8.78 Å². The second-order valence-corrected chi connectivity index (χ2v) is 4.79. The molecule has 0 bridgehead atoms. The molecule has 0 atom stereocenters. The zero-order valence-electron chi connectivity index (χ0n) is 10.4. The number of nitriles is 1. The molecular formula is C14H16F2N2. The molecule has 0 heterocycles. The molecule has 2 rings (SSSR count). The Labute approximate surface area is 106 Å². The van der Waals surface area contributed by atoms with Gasteiger partial charge in [-0.25, -0.2) is 8.78 Å². The number of nitrogens with zero attached hydrogens (tertiary/aromatic N) is 2. The smallest absolute Gasteiger partial charge is 0.150 e. The second-order valence-electron chi connectivity index (χ2n) is 4.79. The summed E-state index contributed by atoms with van der Waals surface area (Å²) >= 11 is 0. The van der Waals surface area contributed by atoms with E-state index in [0.717, 1.165) is 31.4 Å². The van der Waals surface area contributed by atoms with Crippen molar-refractivity contribution >= 4 is 5.69 Å². The molecule has 0 amide bonds. The first-order chi connectivity index (χ1) is 8.65. The molecule has 18 heavy (non-hydrogen) atoms. The van der Waals surface area contributed by atoms with Crippen molar-refractivity contribution in [1.82, 2.24) is 0 Å². The summed E-state index contributed by atoms with van der Waals surface area (Å²) in [5.74, 6) is -0.715. The van der Waals surface area contributed by atoms with E-state index < -0.39 is 11.6 Å². The van der Waals surface area contributed by atoms with E-state index >= 15 is 0 Å². The largest absolute Gasteiger partial charge is 0.367 e. The Kier molecular flexibility index (Phi) is 3.81. The topological polar surface area (TPSA) is 27.0 Å². The standard InChI is InChI=1S/C14H16F2N2/c1-2-5-18(9-10-3-4-10)14-12(15)6-11(8-17)7-13(14)16/h6-7,10H,2-5,9H2,1H3. The molecule has 0 aliphatic heterocycles. The number of anilines is 1. The lowest BCUT2D eigenvalue weighted by atomic mass is 10.1. The van der Waals surface area contributed by atoms with Crippen LogP contribution in [-0.2, 0) is 0 Å². The summed E-state index contributed by atoms with van der Waals surface area (Å²) in [5.41, 5.74) is 0.0411. The average Bonchev–Trinajstić information content (AvgIpc) is 3.12. The molecule has 0 spiro atoms. The zero-order valence-corrected chi connectivity index (χ0v) is 10.4. The lowest BCUT2D eigenvalue weighted by Crippen LogP contribution is -2.28. The van der Waals surface area contributed by atoms with Gasteiger partial charge in [-0.2, -0.15) is 5.26 Å². The molecule has 1 saturated carbocycles. The molecule has 4 heteroatoms. The van der Waals surface area contributed by atoms with Crippen LogP contribution in [0.4, 0.5) is 14.5 Å². The number of halogens is 2. The fourth-order valence-electron chi connectivity index (χ4n) is 2.11. The van der Waals surface area contributed by atoms with Crippen molar-refractivity contribution in [1.29, 1.82) is 5.26 Å². The number of benzene rings is 1.